The average Bonchev–Trinajstić information content (AvgIpc) is 2.79. The van der Waals surface area contributed by atoms with Gasteiger partial charge in [-0.05, 0) is 81.0 Å². The molecule has 0 bridgehead atoms. The van der Waals surface area contributed by atoms with Crippen molar-refractivity contribution in [3.8, 4) is 0 Å². The van der Waals surface area contributed by atoms with Crippen LogP contribution in [-0.2, 0) is 4.79 Å². The van der Waals surface area contributed by atoms with E-state index in [0.717, 1.165) is 32.1 Å². The number of aliphatic hydroxyl groups excluding tert-OH is 2. The Morgan fingerprint density at radius 3 is 2.55 bits per heavy atom. The van der Waals surface area contributed by atoms with Gasteiger partial charge in [-0.2, -0.15) is 0 Å². The first-order valence-corrected chi connectivity index (χ1v) is 9.26. The zero-order valence-corrected chi connectivity index (χ0v) is 13.9. The van der Waals surface area contributed by atoms with E-state index in [9.17, 15) is 15.0 Å². The van der Waals surface area contributed by atoms with Crippen molar-refractivity contribution in [2.24, 2.45) is 34.5 Å². The first kappa shape index (κ1) is 15.1. The van der Waals surface area contributed by atoms with Crippen LogP contribution in [0.4, 0.5) is 0 Å². The van der Waals surface area contributed by atoms with Crippen LogP contribution < -0.4 is 0 Å². The molecule has 8 atom stereocenters. The van der Waals surface area contributed by atoms with E-state index in [0.29, 0.717) is 35.9 Å². The molecule has 4 rings (SSSR count). The molecule has 4 aliphatic carbocycles. The SMILES string of the molecule is C[C@@]12C(=O)CC[C@H]1[C@@H]1CCC3C[C@@H](O)CC[C@]3(C)[C@H]1C[C@H]2O. The largest absolute Gasteiger partial charge is 0.393 e. The lowest BCUT2D eigenvalue weighted by Gasteiger charge is -2.61. The molecule has 4 saturated carbocycles. The first-order valence-electron chi connectivity index (χ1n) is 9.26. The van der Waals surface area contributed by atoms with Gasteiger partial charge in [-0.15, -0.1) is 0 Å². The van der Waals surface area contributed by atoms with Crippen LogP contribution >= 0.6 is 0 Å². The summed E-state index contributed by atoms with van der Waals surface area (Å²) in [7, 11) is 0. The molecule has 0 amide bonds. The second-order valence-corrected chi connectivity index (χ2v) is 9.08. The highest BCUT2D eigenvalue weighted by Crippen LogP contribution is 2.65. The molecule has 3 nitrogen and oxygen atoms in total. The zero-order chi connectivity index (χ0) is 15.7. The molecule has 2 N–H and O–H groups in total. The van der Waals surface area contributed by atoms with Crippen molar-refractivity contribution < 1.29 is 15.0 Å². The number of ketones is 1. The molecule has 0 aromatic heterocycles. The normalized spacial score (nSPS) is 57.9. The van der Waals surface area contributed by atoms with Crippen LogP contribution in [0.3, 0.4) is 0 Å². The van der Waals surface area contributed by atoms with E-state index in [4.69, 9.17) is 0 Å². The Hall–Kier alpha value is -0.410. The van der Waals surface area contributed by atoms with Crippen molar-refractivity contribution in [3.63, 3.8) is 0 Å². The summed E-state index contributed by atoms with van der Waals surface area (Å²) < 4.78 is 0. The van der Waals surface area contributed by atoms with Gasteiger partial charge in [0.05, 0.1) is 17.6 Å². The molecule has 4 aliphatic rings. The van der Waals surface area contributed by atoms with E-state index >= 15 is 0 Å². The predicted molar refractivity (Wildman–Crippen MR) is 84.1 cm³/mol. The van der Waals surface area contributed by atoms with Gasteiger partial charge in [-0.1, -0.05) is 6.92 Å². The molecule has 124 valence electrons. The van der Waals surface area contributed by atoms with Crippen molar-refractivity contribution in [2.75, 3.05) is 0 Å². The summed E-state index contributed by atoms with van der Waals surface area (Å²) in [6.45, 7) is 4.44. The molecule has 3 heteroatoms. The smallest absolute Gasteiger partial charge is 0.141 e. The van der Waals surface area contributed by atoms with Crippen LogP contribution in [-0.4, -0.2) is 28.2 Å². The molecular weight excluding hydrogens is 276 g/mol. The van der Waals surface area contributed by atoms with Crippen LogP contribution in [0.2, 0.25) is 0 Å². The molecule has 1 unspecified atom stereocenters. The van der Waals surface area contributed by atoms with Crippen molar-refractivity contribution in [1.82, 2.24) is 0 Å². The van der Waals surface area contributed by atoms with E-state index in [2.05, 4.69) is 6.92 Å². The Labute approximate surface area is 133 Å². The van der Waals surface area contributed by atoms with Crippen LogP contribution in [0.5, 0.6) is 0 Å². The van der Waals surface area contributed by atoms with Gasteiger partial charge in [0.15, 0.2) is 0 Å². The minimum absolute atomic E-state index is 0.124. The van der Waals surface area contributed by atoms with E-state index in [1.807, 2.05) is 6.92 Å². The fourth-order valence-electron chi connectivity index (χ4n) is 6.98. The van der Waals surface area contributed by atoms with Crippen LogP contribution in [0.25, 0.3) is 0 Å². The molecule has 0 spiro atoms. The van der Waals surface area contributed by atoms with E-state index in [1.165, 1.54) is 12.8 Å². The maximum absolute atomic E-state index is 12.4. The third kappa shape index (κ3) is 1.78. The number of fused-ring (bicyclic) bond motifs is 5. The maximum Gasteiger partial charge on any atom is 0.141 e. The topological polar surface area (TPSA) is 57.5 Å². The fraction of sp³-hybridized carbons (Fsp3) is 0.947. The highest BCUT2D eigenvalue weighted by molar-refractivity contribution is 5.87. The molecular formula is C19H30O3. The van der Waals surface area contributed by atoms with Gasteiger partial charge in [-0.3, -0.25) is 4.79 Å². The monoisotopic (exact) mass is 306 g/mol. The Kier molecular flexibility index (Phi) is 3.30. The van der Waals surface area contributed by atoms with Gasteiger partial charge in [0, 0.05) is 6.42 Å². The first-order chi connectivity index (χ1) is 10.4. The summed E-state index contributed by atoms with van der Waals surface area (Å²) in [5.74, 6) is 2.44. The van der Waals surface area contributed by atoms with Crippen molar-refractivity contribution in [2.45, 2.75) is 77.4 Å². The van der Waals surface area contributed by atoms with Gasteiger partial charge in [0.2, 0.25) is 0 Å². The molecule has 22 heavy (non-hydrogen) atoms. The highest BCUT2D eigenvalue weighted by atomic mass is 16.3. The second-order valence-electron chi connectivity index (χ2n) is 9.08. The molecule has 0 aromatic rings. The Morgan fingerprint density at radius 1 is 1.00 bits per heavy atom. The standard InChI is InChI=1S/C19H30O3/c1-18-8-7-12(20)9-11(18)3-4-13-14-5-6-16(21)19(14,2)17(22)10-15(13)18/h11-15,17,20,22H,3-10H2,1-2H3/t11?,12-,13-,14-,15-,17+,18-,19-/m0/s1. The average molecular weight is 306 g/mol. The van der Waals surface area contributed by atoms with Crippen LogP contribution in [0.1, 0.15) is 65.2 Å². The van der Waals surface area contributed by atoms with Crippen molar-refractivity contribution in [3.05, 3.63) is 0 Å². The van der Waals surface area contributed by atoms with E-state index < -0.39 is 11.5 Å². The lowest BCUT2D eigenvalue weighted by atomic mass is 9.44. The molecule has 0 saturated heterocycles. The number of carbonyl (C=O) groups excluding carboxylic acids is 1. The Morgan fingerprint density at radius 2 is 1.77 bits per heavy atom. The number of carbonyl (C=O) groups is 1. The third-order valence-corrected chi connectivity index (χ3v) is 8.46. The zero-order valence-electron chi connectivity index (χ0n) is 13.9. The Bertz CT molecular complexity index is 489. The van der Waals surface area contributed by atoms with Crippen molar-refractivity contribution in [1.29, 1.82) is 0 Å². The highest BCUT2D eigenvalue weighted by Gasteiger charge is 2.63. The van der Waals surface area contributed by atoms with E-state index in [1.54, 1.807) is 0 Å². The number of aliphatic hydroxyl groups is 2. The van der Waals surface area contributed by atoms with Gasteiger partial charge < -0.3 is 10.2 Å². The predicted octanol–water partition coefficient (Wildman–Crippen LogP) is 2.93. The minimum Gasteiger partial charge on any atom is -0.393 e. The lowest BCUT2D eigenvalue weighted by molar-refractivity contribution is -0.169. The second kappa shape index (κ2) is 4.80. The molecule has 0 aromatic carbocycles. The fourth-order valence-corrected chi connectivity index (χ4v) is 6.98. The van der Waals surface area contributed by atoms with Crippen LogP contribution in [0.15, 0.2) is 0 Å². The minimum atomic E-state index is -0.474. The molecule has 4 fully saturated rings. The molecule has 0 radical (unpaired) electrons. The molecule has 0 heterocycles. The summed E-state index contributed by atoms with van der Waals surface area (Å²) in [6.07, 6.45) is 7.19. The van der Waals surface area contributed by atoms with Gasteiger partial charge in [-0.25, -0.2) is 0 Å². The van der Waals surface area contributed by atoms with Gasteiger partial charge in [0.25, 0.3) is 0 Å². The third-order valence-electron chi connectivity index (χ3n) is 8.46. The van der Waals surface area contributed by atoms with Gasteiger partial charge in [0.1, 0.15) is 5.78 Å². The number of hydrogen-bond donors (Lipinski definition) is 2. The van der Waals surface area contributed by atoms with Crippen molar-refractivity contribution >= 4 is 5.78 Å². The number of rotatable bonds is 0. The molecule has 0 aliphatic heterocycles. The van der Waals surface area contributed by atoms with Gasteiger partial charge >= 0.3 is 0 Å². The maximum atomic E-state index is 12.4. The number of Topliss-reactive ketones (excluding diaryl/α,β-unsaturated/α-hetero) is 1. The summed E-state index contributed by atoms with van der Waals surface area (Å²) in [6, 6.07) is 0. The Balaban J connectivity index is 1.68. The summed E-state index contributed by atoms with van der Waals surface area (Å²) in [5.41, 5.74) is -0.214. The lowest BCUT2D eigenvalue weighted by Crippen LogP contribution is -2.58. The van der Waals surface area contributed by atoms with E-state index in [-0.39, 0.29) is 11.5 Å². The van der Waals surface area contributed by atoms with Crippen LogP contribution in [0, 0.1) is 34.5 Å². The summed E-state index contributed by atoms with van der Waals surface area (Å²) in [5, 5.41) is 20.9. The quantitative estimate of drug-likeness (QED) is 0.723. The summed E-state index contributed by atoms with van der Waals surface area (Å²) >= 11 is 0. The number of hydrogen-bond acceptors (Lipinski definition) is 3. The summed E-state index contributed by atoms with van der Waals surface area (Å²) in [4.78, 5) is 12.4.